The summed E-state index contributed by atoms with van der Waals surface area (Å²) in [6, 6.07) is 7.34. The van der Waals surface area contributed by atoms with Crippen LogP contribution < -0.4 is 11.1 Å². The van der Waals surface area contributed by atoms with Crippen LogP contribution in [0.2, 0.25) is 0 Å². The van der Waals surface area contributed by atoms with Crippen molar-refractivity contribution in [1.82, 2.24) is 9.97 Å². The Balaban J connectivity index is 2.00. The van der Waals surface area contributed by atoms with Crippen LogP contribution in [-0.2, 0) is 9.53 Å². The van der Waals surface area contributed by atoms with E-state index in [1.54, 1.807) is 0 Å². The molecule has 0 saturated heterocycles. The lowest BCUT2D eigenvalue weighted by atomic mass is 10.0. The first-order chi connectivity index (χ1) is 11.2. The molecule has 1 aromatic heterocycles. The van der Waals surface area contributed by atoms with Gasteiger partial charge in [0.25, 0.3) is 0 Å². The molecule has 1 aromatic carbocycles. The van der Waals surface area contributed by atoms with Gasteiger partial charge in [0.15, 0.2) is 0 Å². The molecule has 0 fully saturated rings. The highest BCUT2D eigenvalue weighted by atomic mass is 16.5. The molecule has 4 N–H and O–H groups in total. The van der Waals surface area contributed by atoms with Crippen LogP contribution >= 0.6 is 0 Å². The zero-order valence-electron chi connectivity index (χ0n) is 13.2. The Morgan fingerprint density at radius 1 is 1.30 bits per heavy atom. The van der Waals surface area contributed by atoms with Crippen molar-refractivity contribution >= 4 is 11.7 Å². The summed E-state index contributed by atoms with van der Waals surface area (Å²) in [5.74, 6) is 0.559. The summed E-state index contributed by atoms with van der Waals surface area (Å²) < 4.78 is 4.93. The summed E-state index contributed by atoms with van der Waals surface area (Å²) in [4.78, 5) is 19.8. The lowest BCUT2D eigenvalue weighted by Crippen LogP contribution is -2.31. The van der Waals surface area contributed by atoms with Crippen LogP contribution in [0.5, 0.6) is 0 Å². The highest BCUT2D eigenvalue weighted by Crippen LogP contribution is 2.29. The SMILES string of the molecule is COC(=O)[C@H]1CCCC[C@H](N)c2nc(c[nH]2)-c2ccccc2N1. The number of nitrogens with one attached hydrogen (secondary N) is 2. The number of carbonyl (C=O) groups is 1. The fourth-order valence-corrected chi connectivity index (χ4v) is 2.93. The van der Waals surface area contributed by atoms with E-state index in [1.165, 1.54) is 7.11 Å². The normalized spacial score (nSPS) is 21.3. The number of ether oxygens (including phenoxy) is 1. The molecule has 0 spiro atoms. The summed E-state index contributed by atoms with van der Waals surface area (Å²) in [6.45, 7) is 0. The van der Waals surface area contributed by atoms with E-state index in [9.17, 15) is 4.79 Å². The van der Waals surface area contributed by atoms with Crippen LogP contribution in [0, 0.1) is 0 Å². The number of rotatable bonds is 1. The fraction of sp³-hybridized carbons (Fsp3) is 0.412. The molecule has 2 bridgehead atoms. The van der Waals surface area contributed by atoms with Crippen molar-refractivity contribution in [2.24, 2.45) is 5.73 Å². The van der Waals surface area contributed by atoms with Crippen molar-refractivity contribution in [3.05, 3.63) is 36.3 Å². The number of anilines is 1. The Morgan fingerprint density at radius 3 is 2.91 bits per heavy atom. The largest absolute Gasteiger partial charge is 0.467 e. The van der Waals surface area contributed by atoms with Gasteiger partial charge in [-0.1, -0.05) is 31.0 Å². The van der Waals surface area contributed by atoms with Gasteiger partial charge in [-0.05, 0) is 18.9 Å². The van der Waals surface area contributed by atoms with Gasteiger partial charge >= 0.3 is 5.97 Å². The molecule has 2 aromatic rings. The molecule has 6 heteroatoms. The molecule has 0 unspecified atom stereocenters. The van der Waals surface area contributed by atoms with Gasteiger partial charge in [-0.15, -0.1) is 0 Å². The Morgan fingerprint density at radius 2 is 2.09 bits per heavy atom. The third kappa shape index (κ3) is 3.37. The fourth-order valence-electron chi connectivity index (χ4n) is 2.93. The van der Waals surface area contributed by atoms with Crippen molar-refractivity contribution < 1.29 is 9.53 Å². The predicted molar refractivity (Wildman–Crippen MR) is 88.8 cm³/mol. The van der Waals surface area contributed by atoms with Crippen LogP contribution in [0.15, 0.2) is 30.5 Å². The average molecular weight is 314 g/mol. The number of esters is 1. The van der Waals surface area contributed by atoms with E-state index in [0.717, 1.165) is 42.0 Å². The quantitative estimate of drug-likeness (QED) is 0.704. The molecule has 23 heavy (non-hydrogen) atoms. The number of H-pyrrole nitrogens is 1. The first-order valence-corrected chi connectivity index (χ1v) is 7.93. The Labute approximate surface area is 135 Å². The second-order valence-corrected chi connectivity index (χ2v) is 5.83. The van der Waals surface area contributed by atoms with Crippen LogP contribution in [0.25, 0.3) is 11.3 Å². The van der Waals surface area contributed by atoms with E-state index >= 15 is 0 Å². The zero-order chi connectivity index (χ0) is 16.2. The van der Waals surface area contributed by atoms with E-state index < -0.39 is 0 Å². The molecule has 3 rings (SSSR count). The van der Waals surface area contributed by atoms with E-state index in [0.29, 0.717) is 6.42 Å². The Hall–Kier alpha value is -2.34. The Kier molecular flexibility index (Phi) is 4.62. The summed E-state index contributed by atoms with van der Waals surface area (Å²) >= 11 is 0. The van der Waals surface area contributed by atoms with Gasteiger partial charge in [0, 0.05) is 17.4 Å². The van der Waals surface area contributed by atoms with Gasteiger partial charge in [-0.25, -0.2) is 9.78 Å². The number of benzene rings is 1. The van der Waals surface area contributed by atoms with Crippen LogP contribution in [0.3, 0.4) is 0 Å². The smallest absolute Gasteiger partial charge is 0.328 e. The molecule has 0 saturated carbocycles. The molecule has 0 radical (unpaired) electrons. The molecule has 2 heterocycles. The second kappa shape index (κ2) is 6.83. The first kappa shape index (κ1) is 15.6. The van der Waals surface area contributed by atoms with Crippen molar-refractivity contribution in [3.63, 3.8) is 0 Å². The summed E-state index contributed by atoms with van der Waals surface area (Å²) in [6.07, 6.45) is 5.25. The van der Waals surface area contributed by atoms with Gasteiger partial charge in [-0.2, -0.15) is 0 Å². The molecular formula is C17H22N4O2. The number of carbonyl (C=O) groups excluding carboxylic acids is 1. The van der Waals surface area contributed by atoms with E-state index in [2.05, 4.69) is 15.3 Å². The number of imidazole rings is 1. The van der Waals surface area contributed by atoms with Crippen molar-refractivity contribution in [3.8, 4) is 11.3 Å². The number of hydrogen-bond acceptors (Lipinski definition) is 5. The molecule has 122 valence electrons. The molecule has 0 amide bonds. The minimum atomic E-state index is -0.366. The number of nitrogens with two attached hydrogens (primary N) is 1. The summed E-state index contributed by atoms with van der Waals surface area (Å²) in [5.41, 5.74) is 8.84. The lowest BCUT2D eigenvalue weighted by molar-refractivity contribution is -0.141. The van der Waals surface area contributed by atoms with Gasteiger partial charge in [0.1, 0.15) is 11.9 Å². The lowest BCUT2D eigenvalue weighted by Gasteiger charge is -2.20. The number of methoxy groups -OCH3 is 1. The second-order valence-electron chi connectivity index (χ2n) is 5.83. The van der Waals surface area contributed by atoms with Crippen molar-refractivity contribution in [1.29, 1.82) is 0 Å². The van der Waals surface area contributed by atoms with Crippen molar-refractivity contribution in [2.45, 2.75) is 37.8 Å². The maximum atomic E-state index is 12.1. The first-order valence-electron chi connectivity index (χ1n) is 7.93. The van der Waals surface area contributed by atoms with Crippen LogP contribution in [-0.4, -0.2) is 29.1 Å². The number of para-hydroxylation sites is 1. The highest BCUT2D eigenvalue weighted by Gasteiger charge is 2.22. The molecule has 0 aliphatic carbocycles. The number of nitrogens with zero attached hydrogens (tertiary/aromatic N) is 1. The Bertz CT molecular complexity index is 683. The van der Waals surface area contributed by atoms with Gasteiger partial charge in [0.2, 0.25) is 0 Å². The van der Waals surface area contributed by atoms with Crippen molar-refractivity contribution in [2.75, 3.05) is 12.4 Å². The minimum absolute atomic E-state index is 0.111. The standard InChI is InChI=1S/C17H22N4O2/c1-23-17(22)14-9-5-3-7-12(18)16-19-10-15(21-16)11-6-2-4-8-13(11)20-14/h2,4,6,8,10,12,14,20H,3,5,7,9,18H2,1H3,(H,19,21)/t12-,14+/m0/s1. The van der Waals surface area contributed by atoms with E-state index in [1.807, 2.05) is 30.5 Å². The number of hydrogen-bond donors (Lipinski definition) is 3. The predicted octanol–water partition coefficient (Wildman–Crippen LogP) is 2.60. The van der Waals surface area contributed by atoms with Crippen LogP contribution in [0.4, 0.5) is 5.69 Å². The highest BCUT2D eigenvalue weighted by molar-refractivity contribution is 5.83. The topological polar surface area (TPSA) is 93.0 Å². The minimum Gasteiger partial charge on any atom is -0.467 e. The monoisotopic (exact) mass is 314 g/mol. The molecule has 1 aliphatic rings. The maximum Gasteiger partial charge on any atom is 0.328 e. The van der Waals surface area contributed by atoms with Gasteiger partial charge < -0.3 is 20.8 Å². The van der Waals surface area contributed by atoms with Gasteiger partial charge in [0.05, 0.1) is 18.8 Å². The zero-order valence-corrected chi connectivity index (χ0v) is 13.2. The van der Waals surface area contributed by atoms with Crippen LogP contribution in [0.1, 0.15) is 37.5 Å². The molecule has 1 aliphatic heterocycles. The van der Waals surface area contributed by atoms with Gasteiger partial charge in [-0.3, -0.25) is 0 Å². The number of fused-ring (bicyclic) bond motifs is 4. The van der Waals surface area contributed by atoms with E-state index in [4.69, 9.17) is 10.5 Å². The maximum absolute atomic E-state index is 12.1. The summed E-state index contributed by atoms with van der Waals surface area (Å²) in [7, 11) is 1.42. The molecule has 2 atom stereocenters. The number of aromatic amines is 1. The molecular weight excluding hydrogens is 292 g/mol. The summed E-state index contributed by atoms with van der Waals surface area (Å²) in [5, 5.41) is 3.32. The average Bonchev–Trinajstić information content (AvgIpc) is 3.06. The number of aromatic nitrogens is 2. The third-order valence-corrected chi connectivity index (χ3v) is 4.23. The third-order valence-electron chi connectivity index (χ3n) is 4.23. The molecule has 6 nitrogen and oxygen atoms in total. The van der Waals surface area contributed by atoms with E-state index in [-0.39, 0.29) is 18.1 Å².